The summed E-state index contributed by atoms with van der Waals surface area (Å²) >= 11 is 0. The molecule has 0 saturated carbocycles. The summed E-state index contributed by atoms with van der Waals surface area (Å²) in [4.78, 5) is 4.42. The summed E-state index contributed by atoms with van der Waals surface area (Å²) in [5, 5.41) is 11.9. The Morgan fingerprint density at radius 2 is 2.00 bits per heavy atom. The molecule has 0 aliphatic carbocycles. The average Bonchev–Trinajstić information content (AvgIpc) is 2.54. The molecule has 1 N–H and O–H groups in total. The number of aromatic nitrogens is 1. The molecule has 0 atom stereocenters. The third-order valence-corrected chi connectivity index (χ3v) is 3.21. The number of aryl methyl sites for hydroxylation is 1. The summed E-state index contributed by atoms with van der Waals surface area (Å²) in [6.07, 6.45) is 2.83. The van der Waals surface area contributed by atoms with E-state index >= 15 is 0 Å². The number of hydrogen-bond acceptors (Lipinski definition) is 4. The van der Waals surface area contributed by atoms with Crippen LogP contribution in [0.1, 0.15) is 23.7 Å². The van der Waals surface area contributed by atoms with Crippen LogP contribution in [0, 0.1) is 11.3 Å². The first-order valence-electron chi connectivity index (χ1n) is 7.05. The molecule has 0 aliphatic heterocycles. The van der Waals surface area contributed by atoms with E-state index in [1.54, 1.807) is 0 Å². The molecule has 0 unspecified atom stereocenters. The number of pyridine rings is 1. The van der Waals surface area contributed by atoms with Gasteiger partial charge in [0.2, 0.25) is 0 Å². The fourth-order valence-corrected chi connectivity index (χ4v) is 2.10. The topological polar surface area (TPSA) is 57.9 Å². The fourth-order valence-electron chi connectivity index (χ4n) is 2.10. The fraction of sp³-hybridized carbons (Fsp3) is 0.294. The van der Waals surface area contributed by atoms with Crippen molar-refractivity contribution < 1.29 is 4.74 Å². The molecule has 2 rings (SSSR count). The monoisotopic (exact) mass is 281 g/mol. The second-order valence-electron chi connectivity index (χ2n) is 4.66. The highest BCUT2D eigenvalue weighted by Crippen LogP contribution is 2.12. The van der Waals surface area contributed by atoms with Crippen LogP contribution in [0.3, 0.4) is 0 Å². The Hall–Kier alpha value is -2.38. The third-order valence-electron chi connectivity index (χ3n) is 3.21. The Balaban J connectivity index is 1.84. The highest BCUT2D eigenvalue weighted by Gasteiger charge is 2.01. The zero-order chi connectivity index (χ0) is 14.9. The molecule has 1 heterocycles. The molecule has 21 heavy (non-hydrogen) atoms. The smallest absolute Gasteiger partial charge is 0.174 e. The molecule has 0 spiro atoms. The maximum atomic E-state index is 8.46. The first-order chi connectivity index (χ1) is 10.3. The quantitative estimate of drug-likeness (QED) is 0.848. The molecule has 108 valence electrons. The molecule has 1 aromatic carbocycles. The van der Waals surface area contributed by atoms with Crippen molar-refractivity contribution in [1.29, 1.82) is 5.26 Å². The van der Waals surface area contributed by atoms with Gasteiger partial charge >= 0.3 is 0 Å². The van der Waals surface area contributed by atoms with Crippen molar-refractivity contribution in [2.24, 2.45) is 0 Å². The largest absolute Gasteiger partial charge is 0.479 e. The van der Waals surface area contributed by atoms with Gasteiger partial charge < -0.3 is 10.1 Å². The third kappa shape index (κ3) is 4.59. The number of nitriles is 1. The Bertz CT molecular complexity index is 602. The van der Waals surface area contributed by atoms with Crippen molar-refractivity contribution in [3.63, 3.8) is 0 Å². The minimum Gasteiger partial charge on any atom is -0.479 e. The maximum absolute atomic E-state index is 8.46. The normalized spacial score (nSPS) is 10.1. The van der Waals surface area contributed by atoms with Gasteiger partial charge in [-0.05, 0) is 35.7 Å². The van der Waals surface area contributed by atoms with Crippen molar-refractivity contribution in [3.05, 3.63) is 59.4 Å². The summed E-state index contributed by atoms with van der Waals surface area (Å²) in [6.45, 7) is 3.76. The second kappa shape index (κ2) is 8.03. The molecular formula is C17H19N3O. The standard InChI is InChI=1S/C17H19N3O/c1-2-15-4-3-10-20-17(15)13-19-12-14-5-7-16(8-6-14)21-11-9-18/h3-8,10,19H,2,11-13H2,1H3. The maximum Gasteiger partial charge on any atom is 0.174 e. The first kappa shape index (κ1) is 15.0. The van der Waals surface area contributed by atoms with Crippen LogP contribution in [0.2, 0.25) is 0 Å². The van der Waals surface area contributed by atoms with Crippen molar-refractivity contribution in [2.45, 2.75) is 26.4 Å². The van der Waals surface area contributed by atoms with Gasteiger partial charge in [-0.2, -0.15) is 5.26 Å². The summed E-state index contributed by atoms with van der Waals surface area (Å²) in [6, 6.07) is 13.8. The van der Waals surface area contributed by atoms with Gasteiger partial charge in [0.25, 0.3) is 0 Å². The Labute approximate surface area is 125 Å². The predicted molar refractivity (Wildman–Crippen MR) is 81.7 cm³/mol. The molecule has 0 bridgehead atoms. The van der Waals surface area contributed by atoms with Crippen LogP contribution in [0.4, 0.5) is 0 Å². The van der Waals surface area contributed by atoms with Crippen molar-refractivity contribution in [3.8, 4) is 11.8 Å². The predicted octanol–water partition coefficient (Wildman–Crippen LogP) is 2.84. The van der Waals surface area contributed by atoms with E-state index in [-0.39, 0.29) is 6.61 Å². The molecule has 1 aromatic heterocycles. The molecule has 0 aliphatic rings. The Kier molecular flexibility index (Phi) is 5.74. The summed E-state index contributed by atoms with van der Waals surface area (Å²) < 4.78 is 5.22. The van der Waals surface area contributed by atoms with E-state index in [9.17, 15) is 0 Å². The second-order valence-corrected chi connectivity index (χ2v) is 4.66. The minimum absolute atomic E-state index is 0.0804. The van der Waals surface area contributed by atoms with Crippen LogP contribution in [0.15, 0.2) is 42.6 Å². The number of ether oxygens (including phenoxy) is 1. The number of nitrogens with zero attached hydrogens (tertiary/aromatic N) is 2. The molecule has 0 radical (unpaired) electrons. The molecule has 4 heteroatoms. The van der Waals surface area contributed by atoms with Crippen LogP contribution in [0.25, 0.3) is 0 Å². The highest BCUT2D eigenvalue weighted by atomic mass is 16.5. The zero-order valence-corrected chi connectivity index (χ0v) is 12.2. The van der Waals surface area contributed by atoms with E-state index in [1.807, 2.05) is 42.6 Å². The highest BCUT2D eigenvalue weighted by molar-refractivity contribution is 5.27. The van der Waals surface area contributed by atoms with Gasteiger partial charge in [-0.1, -0.05) is 25.1 Å². The van der Waals surface area contributed by atoms with Gasteiger partial charge in [0.15, 0.2) is 6.61 Å². The van der Waals surface area contributed by atoms with Crippen molar-refractivity contribution in [2.75, 3.05) is 6.61 Å². The Morgan fingerprint density at radius 3 is 2.71 bits per heavy atom. The van der Waals surface area contributed by atoms with E-state index in [2.05, 4.69) is 23.3 Å². The lowest BCUT2D eigenvalue weighted by Gasteiger charge is -2.09. The van der Waals surface area contributed by atoms with Crippen molar-refractivity contribution in [1.82, 2.24) is 10.3 Å². The van der Waals surface area contributed by atoms with Crippen LogP contribution in [0.5, 0.6) is 5.75 Å². The van der Waals surface area contributed by atoms with E-state index in [0.29, 0.717) is 0 Å². The van der Waals surface area contributed by atoms with E-state index in [0.717, 1.165) is 31.0 Å². The average molecular weight is 281 g/mol. The van der Waals surface area contributed by atoms with Gasteiger partial charge in [-0.3, -0.25) is 4.98 Å². The van der Waals surface area contributed by atoms with Crippen LogP contribution >= 0.6 is 0 Å². The number of rotatable bonds is 7. The summed E-state index contributed by atoms with van der Waals surface area (Å²) in [5.74, 6) is 0.721. The van der Waals surface area contributed by atoms with E-state index in [4.69, 9.17) is 10.00 Å². The Morgan fingerprint density at radius 1 is 1.19 bits per heavy atom. The van der Waals surface area contributed by atoms with E-state index in [1.165, 1.54) is 11.1 Å². The molecule has 0 amide bonds. The summed E-state index contributed by atoms with van der Waals surface area (Å²) in [5.41, 5.74) is 3.56. The number of benzene rings is 1. The van der Waals surface area contributed by atoms with Gasteiger partial charge in [0.05, 0.1) is 5.69 Å². The van der Waals surface area contributed by atoms with Gasteiger partial charge in [-0.25, -0.2) is 0 Å². The number of nitrogens with one attached hydrogen (secondary N) is 1. The van der Waals surface area contributed by atoms with Crippen LogP contribution in [-0.2, 0) is 19.5 Å². The summed E-state index contributed by atoms with van der Waals surface area (Å²) in [7, 11) is 0. The zero-order valence-electron chi connectivity index (χ0n) is 12.2. The number of hydrogen-bond donors (Lipinski definition) is 1. The molecule has 4 nitrogen and oxygen atoms in total. The van der Waals surface area contributed by atoms with Crippen molar-refractivity contribution >= 4 is 0 Å². The lowest BCUT2D eigenvalue weighted by atomic mass is 10.1. The van der Waals surface area contributed by atoms with Crippen LogP contribution in [-0.4, -0.2) is 11.6 Å². The molecule has 2 aromatic rings. The minimum atomic E-state index is 0.0804. The first-order valence-corrected chi connectivity index (χ1v) is 7.05. The van der Waals surface area contributed by atoms with Gasteiger partial charge in [0, 0.05) is 19.3 Å². The van der Waals surface area contributed by atoms with Gasteiger partial charge in [-0.15, -0.1) is 0 Å². The SMILES string of the molecule is CCc1cccnc1CNCc1ccc(OCC#N)cc1. The lowest BCUT2D eigenvalue weighted by molar-refractivity contribution is 0.368. The molecule has 0 saturated heterocycles. The molecular weight excluding hydrogens is 262 g/mol. The lowest BCUT2D eigenvalue weighted by Crippen LogP contribution is -2.15. The van der Waals surface area contributed by atoms with Gasteiger partial charge in [0.1, 0.15) is 11.8 Å². The van der Waals surface area contributed by atoms with Crippen LogP contribution < -0.4 is 10.1 Å². The molecule has 0 fully saturated rings. The van der Waals surface area contributed by atoms with E-state index < -0.39 is 0 Å².